The Bertz CT molecular complexity index is 419. The molecule has 2 heterocycles. The summed E-state index contributed by atoms with van der Waals surface area (Å²) in [5, 5.41) is 0. The molecule has 6 nitrogen and oxygen atoms in total. The number of aromatic nitrogens is 2. The summed E-state index contributed by atoms with van der Waals surface area (Å²) in [6.07, 6.45) is 2.89. The van der Waals surface area contributed by atoms with E-state index < -0.39 is 5.92 Å². The lowest BCUT2D eigenvalue weighted by Gasteiger charge is -2.17. The monoisotopic (exact) mass is 220 g/mol. The Balaban J connectivity index is 2.62. The van der Waals surface area contributed by atoms with E-state index in [0.29, 0.717) is 11.5 Å². The van der Waals surface area contributed by atoms with Gasteiger partial charge in [-0.25, -0.2) is 9.97 Å². The number of carbonyl (C=O) groups excluding carboxylic acids is 2. The molecule has 0 saturated heterocycles. The number of carbonyl (C=O) groups is 2. The summed E-state index contributed by atoms with van der Waals surface area (Å²) in [6.45, 7) is 1.59. The molecule has 2 rings (SSSR count). The van der Waals surface area contributed by atoms with E-state index >= 15 is 0 Å². The third kappa shape index (κ3) is 1.34. The van der Waals surface area contributed by atoms with Crippen molar-refractivity contribution in [2.24, 2.45) is 5.92 Å². The smallest absolute Gasteiger partial charge is 0.240 e. The Morgan fingerprint density at radius 3 is 2.50 bits per heavy atom. The van der Waals surface area contributed by atoms with Crippen LogP contribution < -0.4 is 9.80 Å². The van der Waals surface area contributed by atoms with Crippen molar-refractivity contribution < 1.29 is 9.59 Å². The maximum Gasteiger partial charge on any atom is 0.240 e. The molecule has 0 aromatic carbocycles. The Labute approximate surface area is 92.9 Å². The molecular formula is C10H12N4O2. The minimum absolute atomic E-state index is 0.245. The number of fused-ring (bicyclic) bond motifs is 1. The van der Waals surface area contributed by atoms with Gasteiger partial charge in [-0.3, -0.25) is 14.5 Å². The number of hydrogen-bond acceptors (Lipinski definition) is 4. The average molecular weight is 220 g/mol. The summed E-state index contributed by atoms with van der Waals surface area (Å²) in [6, 6.07) is 0. The first-order valence-corrected chi connectivity index (χ1v) is 4.89. The van der Waals surface area contributed by atoms with Gasteiger partial charge in [0.25, 0.3) is 0 Å². The summed E-state index contributed by atoms with van der Waals surface area (Å²) in [4.78, 5) is 34.5. The molecule has 1 unspecified atom stereocenters. The molecule has 2 amide bonds. The SMILES string of the molecule is CC1C(=O)N(C)c2cncnc2N(C)C1=O. The zero-order valence-corrected chi connectivity index (χ0v) is 9.34. The van der Waals surface area contributed by atoms with E-state index in [2.05, 4.69) is 9.97 Å². The van der Waals surface area contributed by atoms with Crippen LogP contribution in [0.3, 0.4) is 0 Å². The molecule has 0 saturated carbocycles. The van der Waals surface area contributed by atoms with Crippen LogP contribution >= 0.6 is 0 Å². The molecule has 1 aromatic heterocycles. The molecule has 1 aromatic rings. The Kier molecular flexibility index (Phi) is 2.34. The Morgan fingerprint density at radius 2 is 1.81 bits per heavy atom. The van der Waals surface area contributed by atoms with Gasteiger partial charge in [0.1, 0.15) is 17.9 Å². The van der Waals surface area contributed by atoms with E-state index in [1.807, 2.05) is 0 Å². The second-order valence-corrected chi connectivity index (χ2v) is 3.75. The van der Waals surface area contributed by atoms with Gasteiger partial charge >= 0.3 is 0 Å². The lowest BCUT2D eigenvalue weighted by atomic mass is 10.1. The topological polar surface area (TPSA) is 66.4 Å². The highest BCUT2D eigenvalue weighted by molar-refractivity contribution is 6.16. The summed E-state index contributed by atoms with van der Waals surface area (Å²) in [7, 11) is 3.23. The summed E-state index contributed by atoms with van der Waals surface area (Å²) >= 11 is 0. The van der Waals surface area contributed by atoms with Crippen molar-refractivity contribution in [3.63, 3.8) is 0 Å². The van der Waals surface area contributed by atoms with Crippen LogP contribution in [0.4, 0.5) is 11.5 Å². The largest absolute Gasteiger partial charge is 0.310 e. The van der Waals surface area contributed by atoms with Crippen LogP contribution in [0.1, 0.15) is 6.92 Å². The maximum absolute atomic E-state index is 11.9. The number of anilines is 2. The molecule has 6 heteroatoms. The minimum atomic E-state index is -0.691. The van der Waals surface area contributed by atoms with E-state index in [4.69, 9.17) is 0 Å². The first-order valence-electron chi connectivity index (χ1n) is 4.89. The zero-order chi connectivity index (χ0) is 11.9. The fraction of sp³-hybridized carbons (Fsp3) is 0.400. The van der Waals surface area contributed by atoms with Crippen LogP contribution in [0, 0.1) is 5.92 Å². The maximum atomic E-state index is 11.9. The van der Waals surface area contributed by atoms with Gasteiger partial charge in [-0.1, -0.05) is 0 Å². The highest BCUT2D eigenvalue weighted by atomic mass is 16.2. The lowest BCUT2D eigenvalue weighted by Crippen LogP contribution is -2.37. The van der Waals surface area contributed by atoms with Crippen molar-refractivity contribution in [1.29, 1.82) is 0 Å². The zero-order valence-electron chi connectivity index (χ0n) is 9.34. The molecule has 1 aliphatic heterocycles. The Morgan fingerprint density at radius 1 is 1.19 bits per heavy atom. The van der Waals surface area contributed by atoms with Gasteiger partial charge in [0.05, 0.1) is 6.20 Å². The molecule has 84 valence electrons. The van der Waals surface area contributed by atoms with Crippen LogP contribution in [0.15, 0.2) is 12.5 Å². The summed E-state index contributed by atoms with van der Waals surface area (Å²) in [5.41, 5.74) is 0.549. The predicted octanol–water partition coefficient (Wildman–Crippen LogP) is 0.0519. The first kappa shape index (κ1) is 10.5. The third-order valence-electron chi connectivity index (χ3n) is 2.75. The fourth-order valence-corrected chi connectivity index (χ4v) is 1.72. The van der Waals surface area contributed by atoms with E-state index in [0.717, 1.165) is 0 Å². The van der Waals surface area contributed by atoms with Crippen LogP contribution in [0.25, 0.3) is 0 Å². The summed E-state index contributed by atoms with van der Waals surface area (Å²) in [5.74, 6) is -0.732. The van der Waals surface area contributed by atoms with Crippen molar-refractivity contribution in [2.45, 2.75) is 6.92 Å². The predicted molar refractivity (Wildman–Crippen MR) is 58.0 cm³/mol. The van der Waals surface area contributed by atoms with Crippen LogP contribution in [0.2, 0.25) is 0 Å². The average Bonchev–Trinajstić information content (AvgIpc) is 2.38. The van der Waals surface area contributed by atoms with Gasteiger partial charge in [-0.05, 0) is 6.92 Å². The molecule has 1 aliphatic rings. The lowest BCUT2D eigenvalue weighted by molar-refractivity contribution is -0.130. The van der Waals surface area contributed by atoms with Gasteiger partial charge in [-0.15, -0.1) is 0 Å². The number of rotatable bonds is 0. The van der Waals surface area contributed by atoms with Crippen molar-refractivity contribution >= 4 is 23.3 Å². The summed E-state index contributed by atoms with van der Waals surface area (Å²) < 4.78 is 0. The van der Waals surface area contributed by atoms with E-state index in [1.54, 1.807) is 21.0 Å². The number of amides is 2. The first-order chi connectivity index (χ1) is 7.54. The molecular weight excluding hydrogens is 208 g/mol. The quantitative estimate of drug-likeness (QED) is 0.579. The second kappa shape index (κ2) is 3.55. The van der Waals surface area contributed by atoms with Gasteiger partial charge in [0, 0.05) is 14.1 Å². The van der Waals surface area contributed by atoms with Crippen LogP contribution in [-0.4, -0.2) is 35.9 Å². The van der Waals surface area contributed by atoms with E-state index in [9.17, 15) is 9.59 Å². The van der Waals surface area contributed by atoms with Crippen molar-refractivity contribution in [1.82, 2.24) is 9.97 Å². The normalized spacial score (nSPS) is 20.8. The molecule has 1 atom stereocenters. The Hall–Kier alpha value is -1.98. The fourth-order valence-electron chi connectivity index (χ4n) is 1.72. The number of nitrogens with zero attached hydrogens (tertiary/aromatic N) is 4. The van der Waals surface area contributed by atoms with Crippen molar-refractivity contribution in [3.8, 4) is 0 Å². The molecule has 16 heavy (non-hydrogen) atoms. The molecule has 0 aliphatic carbocycles. The minimum Gasteiger partial charge on any atom is -0.310 e. The highest BCUT2D eigenvalue weighted by Crippen LogP contribution is 2.29. The van der Waals surface area contributed by atoms with E-state index in [-0.39, 0.29) is 11.8 Å². The molecule has 0 bridgehead atoms. The van der Waals surface area contributed by atoms with Crippen molar-refractivity contribution in [3.05, 3.63) is 12.5 Å². The number of hydrogen-bond donors (Lipinski definition) is 0. The second-order valence-electron chi connectivity index (χ2n) is 3.75. The van der Waals surface area contributed by atoms with Gasteiger partial charge in [-0.2, -0.15) is 0 Å². The molecule has 0 radical (unpaired) electrons. The van der Waals surface area contributed by atoms with Gasteiger partial charge in [0.2, 0.25) is 11.8 Å². The van der Waals surface area contributed by atoms with Crippen molar-refractivity contribution in [2.75, 3.05) is 23.9 Å². The third-order valence-corrected chi connectivity index (χ3v) is 2.75. The molecule has 0 fully saturated rings. The molecule has 0 N–H and O–H groups in total. The standard InChI is InChI=1S/C10H12N4O2/c1-6-9(15)13(2)7-4-11-5-12-8(7)14(3)10(6)16/h4-6H,1-3H3. The van der Waals surface area contributed by atoms with Gasteiger partial charge in [0.15, 0.2) is 5.82 Å². The highest BCUT2D eigenvalue weighted by Gasteiger charge is 2.35. The van der Waals surface area contributed by atoms with Gasteiger partial charge < -0.3 is 4.90 Å². The van der Waals surface area contributed by atoms with E-state index in [1.165, 1.54) is 22.3 Å². The molecule has 0 spiro atoms. The van der Waals surface area contributed by atoms with Crippen LogP contribution in [-0.2, 0) is 9.59 Å². The van der Waals surface area contributed by atoms with Crippen LogP contribution in [0.5, 0.6) is 0 Å².